The second-order valence-electron chi connectivity index (χ2n) is 8.37. The highest BCUT2D eigenvalue weighted by molar-refractivity contribution is 9.10. The van der Waals surface area contributed by atoms with Gasteiger partial charge < -0.3 is 0 Å². The molecule has 5 nitrogen and oxygen atoms in total. The van der Waals surface area contributed by atoms with E-state index in [9.17, 15) is 4.79 Å². The Morgan fingerprint density at radius 1 is 1.31 bits per heavy atom. The molecule has 1 N–H and O–H groups in total. The Labute approximate surface area is 165 Å². The molecule has 0 atom stereocenters. The zero-order valence-corrected chi connectivity index (χ0v) is 17.3. The summed E-state index contributed by atoms with van der Waals surface area (Å²) < 4.78 is 2.47. The molecule has 4 fully saturated rings. The van der Waals surface area contributed by atoms with Crippen LogP contribution in [0.3, 0.4) is 0 Å². The standard InChI is InChI=1S/C19H23BrN4OS/c1-2-24-9-14(20)16(23-24)17(25)22-18-21-15(10-26-18)19-6-11-3-12(7-19)5-13(4-11)8-19/h9-13H,2-8H2,1H3,(H,21,22,25). The molecule has 2 aromatic heterocycles. The highest BCUT2D eigenvalue weighted by Gasteiger charge is 2.52. The fraction of sp³-hybridized carbons (Fsp3) is 0.632. The lowest BCUT2D eigenvalue weighted by atomic mass is 9.49. The fourth-order valence-electron chi connectivity index (χ4n) is 5.87. The molecular weight excluding hydrogens is 412 g/mol. The molecule has 0 spiro atoms. The molecule has 0 saturated heterocycles. The molecular formula is C19H23BrN4OS. The second kappa shape index (κ2) is 6.16. The molecule has 4 saturated carbocycles. The van der Waals surface area contributed by atoms with Crippen molar-refractivity contribution >= 4 is 38.3 Å². The molecule has 0 aromatic carbocycles. The van der Waals surface area contributed by atoms with Crippen LogP contribution in [0.1, 0.15) is 61.6 Å². The summed E-state index contributed by atoms with van der Waals surface area (Å²) in [6, 6.07) is 0. The van der Waals surface area contributed by atoms with Crippen molar-refractivity contribution in [2.75, 3.05) is 5.32 Å². The first-order valence-corrected chi connectivity index (χ1v) is 11.2. The third kappa shape index (κ3) is 2.74. The van der Waals surface area contributed by atoms with E-state index in [0.29, 0.717) is 10.8 Å². The molecule has 4 aliphatic carbocycles. The maximum atomic E-state index is 12.6. The average Bonchev–Trinajstić information content (AvgIpc) is 3.20. The molecule has 0 aliphatic heterocycles. The van der Waals surface area contributed by atoms with Crippen molar-refractivity contribution in [2.45, 2.75) is 57.4 Å². The van der Waals surface area contributed by atoms with Crippen molar-refractivity contribution in [1.29, 1.82) is 0 Å². The normalized spacial score (nSPS) is 32.2. The third-order valence-electron chi connectivity index (χ3n) is 6.56. The zero-order valence-electron chi connectivity index (χ0n) is 14.9. The summed E-state index contributed by atoms with van der Waals surface area (Å²) in [4.78, 5) is 17.4. The fourth-order valence-corrected chi connectivity index (χ4v) is 7.19. The number of aryl methyl sites for hydroxylation is 1. The molecule has 0 radical (unpaired) electrons. The third-order valence-corrected chi connectivity index (χ3v) is 7.90. The van der Waals surface area contributed by atoms with Crippen LogP contribution < -0.4 is 5.32 Å². The van der Waals surface area contributed by atoms with E-state index in [4.69, 9.17) is 4.98 Å². The van der Waals surface area contributed by atoms with E-state index >= 15 is 0 Å². The van der Waals surface area contributed by atoms with Crippen LogP contribution in [0.15, 0.2) is 16.0 Å². The molecule has 0 unspecified atom stereocenters. The van der Waals surface area contributed by atoms with E-state index in [2.05, 4.69) is 31.7 Å². The number of nitrogens with zero attached hydrogens (tertiary/aromatic N) is 3. The van der Waals surface area contributed by atoms with Gasteiger partial charge >= 0.3 is 0 Å². The van der Waals surface area contributed by atoms with Crippen LogP contribution in [-0.2, 0) is 12.0 Å². The van der Waals surface area contributed by atoms with Crippen LogP contribution in [0, 0.1) is 17.8 Å². The quantitative estimate of drug-likeness (QED) is 0.748. The number of amides is 1. The largest absolute Gasteiger partial charge is 0.296 e. The van der Waals surface area contributed by atoms with E-state index in [1.165, 1.54) is 44.2 Å². The summed E-state index contributed by atoms with van der Waals surface area (Å²) in [5.41, 5.74) is 1.91. The highest BCUT2D eigenvalue weighted by atomic mass is 79.9. The first kappa shape index (κ1) is 16.9. The number of thiazole rings is 1. The summed E-state index contributed by atoms with van der Waals surface area (Å²) in [5.74, 6) is 2.50. The first-order valence-electron chi connectivity index (χ1n) is 9.55. The van der Waals surface area contributed by atoms with Crippen molar-refractivity contribution < 1.29 is 4.79 Å². The van der Waals surface area contributed by atoms with Gasteiger partial charge in [0, 0.05) is 23.5 Å². The molecule has 1 amide bonds. The van der Waals surface area contributed by atoms with Gasteiger partial charge in [-0.2, -0.15) is 5.10 Å². The molecule has 26 heavy (non-hydrogen) atoms. The van der Waals surface area contributed by atoms with E-state index in [1.54, 1.807) is 16.0 Å². The van der Waals surface area contributed by atoms with Gasteiger partial charge in [-0.3, -0.25) is 14.8 Å². The van der Waals surface area contributed by atoms with Crippen molar-refractivity contribution in [1.82, 2.24) is 14.8 Å². The molecule has 7 heteroatoms. The smallest absolute Gasteiger partial charge is 0.279 e. The maximum absolute atomic E-state index is 12.6. The monoisotopic (exact) mass is 434 g/mol. The molecule has 4 bridgehead atoms. The molecule has 4 aliphatic rings. The van der Waals surface area contributed by atoms with Crippen molar-refractivity contribution in [3.05, 3.63) is 27.4 Å². The summed E-state index contributed by atoms with van der Waals surface area (Å²) in [6.45, 7) is 2.74. The van der Waals surface area contributed by atoms with Gasteiger partial charge in [0.25, 0.3) is 5.91 Å². The van der Waals surface area contributed by atoms with E-state index < -0.39 is 0 Å². The number of rotatable bonds is 4. The number of halogens is 1. The van der Waals surface area contributed by atoms with E-state index in [0.717, 1.165) is 28.8 Å². The van der Waals surface area contributed by atoms with Gasteiger partial charge in [-0.1, -0.05) is 0 Å². The number of anilines is 1. The molecule has 2 aromatic rings. The number of carbonyl (C=O) groups is 1. The Kier molecular flexibility index (Phi) is 4.01. The Hall–Kier alpha value is -1.21. The van der Waals surface area contributed by atoms with Crippen molar-refractivity contribution in [2.24, 2.45) is 17.8 Å². The topological polar surface area (TPSA) is 59.8 Å². The van der Waals surface area contributed by atoms with Gasteiger partial charge in [0.2, 0.25) is 0 Å². The van der Waals surface area contributed by atoms with Gasteiger partial charge in [0.1, 0.15) is 0 Å². The average molecular weight is 435 g/mol. The number of carbonyl (C=O) groups excluding carboxylic acids is 1. The van der Waals surface area contributed by atoms with Crippen LogP contribution in [-0.4, -0.2) is 20.7 Å². The van der Waals surface area contributed by atoms with Crippen LogP contribution in [0.4, 0.5) is 5.13 Å². The summed E-state index contributed by atoms with van der Waals surface area (Å²) >= 11 is 4.97. The van der Waals surface area contributed by atoms with Gasteiger partial charge in [0.15, 0.2) is 10.8 Å². The van der Waals surface area contributed by atoms with Gasteiger partial charge in [-0.15, -0.1) is 11.3 Å². The van der Waals surface area contributed by atoms with Crippen molar-refractivity contribution in [3.63, 3.8) is 0 Å². The van der Waals surface area contributed by atoms with Gasteiger partial charge in [-0.05, 0) is 79.1 Å². The Balaban J connectivity index is 1.36. The highest BCUT2D eigenvalue weighted by Crippen LogP contribution is 2.60. The maximum Gasteiger partial charge on any atom is 0.279 e. The Bertz CT molecular complexity index is 822. The predicted molar refractivity (Wildman–Crippen MR) is 106 cm³/mol. The second-order valence-corrected chi connectivity index (χ2v) is 10.1. The van der Waals surface area contributed by atoms with Crippen LogP contribution in [0.5, 0.6) is 0 Å². The van der Waals surface area contributed by atoms with Crippen LogP contribution in [0.25, 0.3) is 0 Å². The molecule has 2 heterocycles. The summed E-state index contributed by atoms with van der Waals surface area (Å²) in [6.07, 6.45) is 10.0. The molecule has 6 rings (SSSR count). The minimum Gasteiger partial charge on any atom is -0.296 e. The number of aromatic nitrogens is 3. The lowest BCUT2D eigenvalue weighted by molar-refractivity contribution is -0.00688. The Morgan fingerprint density at radius 3 is 2.54 bits per heavy atom. The Morgan fingerprint density at radius 2 is 1.96 bits per heavy atom. The van der Waals surface area contributed by atoms with E-state index in [-0.39, 0.29) is 11.3 Å². The zero-order chi connectivity index (χ0) is 17.9. The minimum atomic E-state index is -0.199. The number of hydrogen-bond acceptors (Lipinski definition) is 4. The lowest BCUT2D eigenvalue weighted by Crippen LogP contribution is -2.48. The van der Waals surface area contributed by atoms with E-state index in [1.807, 2.05) is 13.1 Å². The molecule has 138 valence electrons. The summed E-state index contributed by atoms with van der Waals surface area (Å²) in [7, 11) is 0. The number of hydrogen-bond donors (Lipinski definition) is 1. The summed E-state index contributed by atoms with van der Waals surface area (Å²) in [5, 5.41) is 10.1. The van der Waals surface area contributed by atoms with Gasteiger partial charge in [0.05, 0.1) is 10.2 Å². The van der Waals surface area contributed by atoms with Crippen LogP contribution >= 0.6 is 27.3 Å². The number of nitrogens with one attached hydrogen (secondary N) is 1. The lowest BCUT2D eigenvalue weighted by Gasteiger charge is -2.56. The predicted octanol–water partition coefficient (Wildman–Crippen LogP) is 4.84. The first-order chi connectivity index (χ1) is 12.5. The SMILES string of the molecule is CCn1cc(Br)c(C(=O)Nc2nc(C34CC5CC(CC(C5)C3)C4)cs2)n1. The van der Waals surface area contributed by atoms with Crippen LogP contribution in [0.2, 0.25) is 0 Å². The minimum absolute atomic E-state index is 0.199. The van der Waals surface area contributed by atoms with Gasteiger partial charge in [-0.25, -0.2) is 4.98 Å². The van der Waals surface area contributed by atoms with Crippen molar-refractivity contribution in [3.8, 4) is 0 Å².